The maximum atomic E-state index is 6.01. The van der Waals surface area contributed by atoms with Crippen LogP contribution in [0.25, 0.3) is 10.2 Å². The van der Waals surface area contributed by atoms with Crippen LogP contribution in [0.5, 0.6) is 0 Å². The van der Waals surface area contributed by atoms with Gasteiger partial charge in [0.25, 0.3) is 0 Å². The number of nitrogens with two attached hydrogens (primary N) is 1. The molecule has 1 aliphatic carbocycles. The van der Waals surface area contributed by atoms with E-state index in [0.29, 0.717) is 6.54 Å². The van der Waals surface area contributed by atoms with Crippen molar-refractivity contribution in [2.24, 2.45) is 5.73 Å². The minimum Gasteiger partial charge on any atom is -0.329 e. The van der Waals surface area contributed by atoms with Crippen LogP contribution in [0, 0.1) is 0 Å². The molecule has 2 N–H and O–H groups in total. The number of rotatable bonds is 2. The summed E-state index contributed by atoms with van der Waals surface area (Å²) in [5.74, 6) is 0. The molecule has 1 aromatic heterocycles. The van der Waals surface area contributed by atoms with E-state index in [1.807, 2.05) is 18.2 Å². The summed E-state index contributed by atoms with van der Waals surface area (Å²) in [6.07, 6.45) is 4.90. The molecule has 0 bridgehead atoms. The van der Waals surface area contributed by atoms with Gasteiger partial charge in [0, 0.05) is 17.0 Å². The van der Waals surface area contributed by atoms with Gasteiger partial charge in [-0.3, -0.25) is 0 Å². The summed E-state index contributed by atoms with van der Waals surface area (Å²) in [6, 6.07) is 5.89. The summed E-state index contributed by atoms with van der Waals surface area (Å²) in [5.41, 5.74) is 7.18. The molecule has 0 aliphatic heterocycles. The zero-order valence-corrected chi connectivity index (χ0v) is 11.2. The van der Waals surface area contributed by atoms with Crippen LogP contribution >= 0.6 is 22.9 Å². The van der Waals surface area contributed by atoms with Crippen LogP contribution in [0.3, 0.4) is 0 Å². The molecule has 0 amide bonds. The van der Waals surface area contributed by atoms with Crippen molar-refractivity contribution in [2.75, 3.05) is 6.54 Å². The third-order valence-corrected chi connectivity index (χ3v) is 5.26. The number of hydrogen-bond donors (Lipinski definition) is 1. The second-order valence-corrected chi connectivity index (χ2v) is 6.29. The highest BCUT2D eigenvalue weighted by atomic mass is 35.5. The maximum Gasteiger partial charge on any atom is 0.101 e. The number of aromatic nitrogens is 1. The lowest BCUT2D eigenvalue weighted by Gasteiger charge is -2.23. The SMILES string of the molecule is NCC1(c2nc3ccc(Cl)cc3s2)CCCC1. The minimum atomic E-state index is 0.135. The highest BCUT2D eigenvalue weighted by Crippen LogP contribution is 2.43. The van der Waals surface area contributed by atoms with Crippen LogP contribution < -0.4 is 5.73 Å². The van der Waals surface area contributed by atoms with Gasteiger partial charge in [0.1, 0.15) is 5.01 Å². The maximum absolute atomic E-state index is 6.01. The summed E-state index contributed by atoms with van der Waals surface area (Å²) in [5, 5.41) is 1.98. The third kappa shape index (κ3) is 1.86. The first-order valence-corrected chi connectivity index (χ1v) is 7.20. The number of halogens is 1. The highest BCUT2D eigenvalue weighted by Gasteiger charge is 2.37. The van der Waals surface area contributed by atoms with Crippen molar-refractivity contribution in [2.45, 2.75) is 31.1 Å². The van der Waals surface area contributed by atoms with Crippen LogP contribution in [-0.2, 0) is 5.41 Å². The van der Waals surface area contributed by atoms with Crippen molar-refractivity contribution >= 4 is 33.2 Å². The Morgan fingerprint density at radius 1 is 1.35 bits per heavy atom. The van der Waals surface area contributed by atoms with Gasteiger partial charge >= 0.3 is 0 Å². The first kappa shape index (κ1) is 11.5. The van der Waals surface area contributed by atoms with Crippen LogP contribution in [0.2, 0.25) is 5.02 Å². The fraction of sp³-hybridized carbons (Fsp3) is 0.462. The second-order valence-electron chi connectivity index (χ2n) is 4.82. The van der Waals surface area contributed by atoms with E-state index in [0.717, 1.165) is 10.5 Å². The van der Waals surface area contributed by atoms with Crippen molar-refractivity contribution in [1.82, 2.24) is 4.98 Å². The molecule has 90 valence electrons. The molecule has 0 unspecified atom stereocenters. The smallest absolute Gasteiger partial charge is 0.101 e. The number of benzene rings is 1. The largest absolute Gasteiger partial charge is 0.329 e. The average molecular weight is 267 g/mol. The molecule has 1 aromatic carbocycles. The number of fused-ring (bicyclic) bond motifs is 1. The normalized spacial score (nSPS) is 18.9. The summed E-state index contributed by atoms with van der Waals surface area (Å²) >= 11 is 7.77. The summed E-state index contributed by atoms with van der Waals surface area (Å²) in [4.78, 5) is 4.76. The van der Waals surface area contributed by atoms with Crippen LogP contribution in [0.1, 0.15) is 30.7 Å². The van der Waals surface area contributed by atoms with Crippen molar-refractivity contribution in [3.63, 3.8) is 0 Å². The molecule has 4 heteroatoms. The standard InChI is InChI=1S/C13H15ClN2S/c14-9-3-4-10-11(7-9)17-12(16-10)13(8-15)5-1-2-6-13/h3-4,7H,1-2,5-6,8,15H2. The topological polar surface area (TPSA) is 38.9 Å². The Kier molecular flexibility index (Phi) is 2.85. The van der Waals surface area contributed by atoms with Gasteiger partial charge in [0.15, 0.2) is 0 Å². The van der Waals surface area contributed by atoms with E-state index in [4.69, 9.17) is 22.3 Å². The van der Waals surface area contributed by atoms with Gasteiger partial charge in [-0.15, -0.1) is 11.3 Å². The quantitative estimate of drug-likeness (QED) is 0.900. The summed E-state index contributed by atoms with van der Waals surface area (Å²) in [7, 11) is 0. The molecule has 0 saturated heterocycles. The van der Waals surface area contributed by atoms with Crippen molar-refractivity contribution in [1.29, 1.82) is 0 Å². The molecule has 17 heavy (non-hydrogen) atoms. The van der Waals surface area contributed by atoms with E-state index in [-0.39, 0.29) is 5.41 Å². The van der Waals surface area contributed by atoms with E-state index in [2.05, 4.69) is 0 Å². The first-order valence-electron chi connectivity index (χ1n) is 6.00. The Morgan fingerprint density at radius 2 is 2.12 bits per heavy atom. The lowest BCUT2D eigenvalue weighted by atomic mass is 9.87. The molecular formula is C13H15ClN2S. The fourth-order valence-corrected chi connectivity index (χ4v) is 4.18. The van der Waals surface area contributed by atoms with Crippen LogP contribution in [0.15, 0.2) is 18.2 Å². The van der Waals surface area contributed by atoms with Gasteiger partial charge in [-0.25, -0.2) is 4.98 Å². The Balaban J connectivity index is 2.11. The van der Waals surface area contributed by atoms with E-state index < -0.39 is 0 Å². The van der Waals surface area contributed by atoms with Gasteiger partial charge in [0.05, 0.1) is 10.2 Å². The molecule has 1 aliphatic rings. The average Bonchev–Trinajstić information content (AvgIpc) is 2.94. The van der Waals surface area contributed by atoms with Crippen molar-refractivity contribution in [3.05, 3.63) is 28.2 Å². The van der Waals surface area contributed by atoms with Gasteiger partial charge in [-0.1, -0.05) is 24.4 Å². The number of hydrogen-bond acceptors (Lipinski definition) is 3. The van der Waals surface area contributed by atoms with Gasteiger partial charge in [-0.05, 0) is 31.0 Å². The number of nitrogens with zero attached hydrogens (tertiary/aromatic N) is 1. The monoisotopic (exact) mass is 266 g/mol. The fourth-order valence-electron chi connectivity index (χ4n) is 2.68. The molecule has 1 saturated carbocycles. The molecule has 0 spiro atoms. The molecule has 1 fully saturated rings. The molecule has 2 aromatic rings. The molecule has 1 heterocycles. The summed E-state index contributed by atoms with van der Waals surface area (Å²) in [6.45, 7) is 0.709. The zero-order chi connectivity index (χ0) is 11.9. The molecule has 2 nitrogen and oxygen atoms in total. The Hall–Kier alpha value is -0.640. The Labute approximate surface area is 110 Å². The van der Waals surface area contributed by atoms with Gasteiger partial charge in [-0.2, -0.15) is 0 Å². The Bertz CT molecular complexity index is 543. The van der Waals surface area contributed by atoms with Crippen molar-refractivity contribution < 1.29 is 0 Å². The number of thiazole rings is 1. The molecule has 0 atom stereocenters. The molecule has 3 rings (SSSR count). The van der Waals surface area contributed by atoms with E-state index >= 15 is 0 Å². The lowest BCUT2D eigenvalue weighted by Crippen LogP contribution is -2.31. The summed E-state index contributed by atoms with van der Waals surface area (Å²) < 4.78 is 1.17. The van der Waals surface area contributed by atoms with Gasteiger partial charge < -0.3 is 5.73 Å². The Morgan fingerprint density at radius 3 is 2.82 bits per heavy atom. The highest BCUT2D eigenvalue weighted by molar-refractivity contribution is 7.18. The van der Waals surface area contributed by atoms with E-state index in [1.165, 1.54) is 35.4 Å². The van der Waals surface area contributed by atoms with Gasteiger partial charge in [0.2, 0.25) is 0 Å². The lowest BCUT2D eigenvalue weighted by molar-refractivity contribution is 0.451. The van der Waals surface area contributed by atoms with E-state index in [1.54, 1.807) is 11.3 Å². The third-order valence-electron chi connectivity index (χ3n) is 3.76. The molecular weight excluding hydrogens is 252 g/mol. The van der Waals surface area contributed by atoms with Crippen LogP contribution in [-0.4, -0.2) is 11.5 Å². The zero-order valence-electron chi connectivity index (χ0n) is 9.58. The second kappa shape index (κ2) is 4.23. The first-order chi connectivity index (χ1) is 8.23. The predicted molar refractivity (Wildman–Crippen MR) is 73.8 cm³/mol. The minimum absolute atomic E-state index is 0.135. The van der Waals surface area contributed by atoms with E-state index in [9.17, 15) is 0 Å². The van der Waals surface area contributed by atoms with Crippen LogP contribution in [0.4, 0.5) is 0 Å². The predicted octanol–water partition coefficient (Wildman–Crippen LogP) is 3.72. The van der Waals surface area contributed by atoms with Crippen molar-refractivity contribution in [3.8, 4) is 0 Å². The molecule has 0 radical (unpaired) electrons.